The van der Waals surface area contributed by atoms with Gasteiger partial charge in [0.15, 0.2) is 0 Å². The highest BCUT2D eigenvalue weighted by Crippen LogP contribution is 2.20. The normalized spacial score (nSPS) is 23.2. The van der Waals surface area contributed by atoms with Gasteiger partial charge in [0, 0.05) is 0 Å². The molecule has 0 aromatic carbocycles. The molecule has 0 amide bonds. The highest BCUT2D eigenvalue weighted by atomic mass is 127. The zero-order valence-electron chi connectivity index (χ0n) is 5.39. The third-order valence-electron chi connectivity index (χ3n) is 1.78. The van der Waals surface area contributed by atoms with E-state index in [9.17, 15) is 0 Å². The first kappa shape index (κ1) is 7.44. The minimum Gasteiger partial charge on any atom is -0.180 e. The minimum absolute atomic E-state index is 0.552. The van der Waals surface area contributed by atoms with Crippen molar-refractivity contribution in [2.75, 3.05) is 0 Å². The summed E-state index contributed by atoms with van der Waals surface area (Å²) in [5.41, 5.74) is 0. The smallest absolute Gasteiger partial charge is 0.111 e. The Morgan fingerprint density at radius 2 is 1.78 bits per heavy atom. The number of hydrogen-bond donors (Lipinski definition) is 0. The second-order valence-electron chi connectivity index (χ2n) is 2.48. The van der Waals surface area contributed by atoms with Crippen LogP contribution in [0, 0.1) is 0 Å². The van der Waals surface area contributed by atoms with Gasteiger partial charge in [-0.25, -0.2) is 0 Å². The molecule has 1 aliphatic rings. The van der Waals surface area contributed by atoms with Crippen LogP contribution >= 0.6 is 22.9 Å². The molecule has 0 heterocycles. The van der Waals surface area contributed by atoms with Crippen molar-refractivity contribution < 1.29 is 0 Å². The van der Waals surface area contributed by atoms with Gasteiger partial charge in [0.05, 0.1) is 6.04 Å². The Kier molecular flexibility index (Phi) is 3.47. The maximum Gasteiger partial charge on any atom is 0.111 e. The third-order valence-corrected chi connectivity index (χ3v) is 2.03. The molecule has 3 heteroatoms. The van der Waals surface area contributed by atoms with Crippen LogP contribution in [0.3, 0.4) is 0 Å². The van der Waals surface area contributed by atoms with Crippen LogP contribution in [0.5, 0.6) is 0 Å². The molecule has 52 valence electrons. The molecule has 0 radical (unpaired) electrons. The van der Waals surface area contributed by atoms with Gasteiger partial charge < -0.3 is 0 Å². The fourth-order valence-electron chi connectivity index (χ4n) is 1.26. The molecule has 0 aromatic heterocycles. The second kappa shape index (κ2) is 4.19. The van der Waals surface area contributed by atoms with E-state index < -0.39 is 0 Å². The Balaban J connectivity index is 2.23. The maximum absolute atomic E-state index is 4.10. The summed E-state index contributed by atoms with van der Waals surface area (Å²) in [6.07, 6.45) is 6.60. The summed E-state index contributed by atoms with van der Waals surface area (Å²) in [5.74, 6) is 0. The Hall–Kier alpha value is 0.330. The lowest BCUT2D eigenvalue weighted by Crippen LogP contribution is -2.07. The largest absolute Gasteiger partial charge is 0.180 e. The lowest BCUT2D eigenvalue weighted by Gasteiger charge is -2.15. The molecule has 2 nitrogen and oxygen atoms in total. The molecule has 0 spiro atoms. The second-order valence-corrected chi connectivity index (χ2v) is 2.91. The first-order valence-electron chi connectivity index (χ1n) is 3.44. The van der Waals surface area contributed by atoms with Gasteiger partial charge >= 0.3 is 0 Å². The number of nitrogens with zero attached hydrogens (tertiary/aromatic N) is 2. The molecular weight excluding hydrogens is 227 g/mol. The van der Waals surface area contributed by atoms with Gasteiger partial charge in [-0.3, -0.25) is 0 Å². The van der Waals surface area contributed by atoms with Crippen molar-refractivity contribution in [1.82, 2.24) is 0 Å². The average Bonchev–Trinajstić information content (AvgIpc) is 1.91. The molecule has 0 aliphatic heterocycles. The molecule has 0 bridgehead atoms. The number of halogens is 1. The first-order chi connectivity index (χ1) is 4.43. The molecule has 0 unspecified atom stereocenters. The minimum atomic E-state index is 0.552. The van der Waals surface area contributed by atoms with E-state index in [1.165, 1.54) is 32.1 Å². The van der Waals surface area contributed by atoms with Gasteiger partial charge in [-0.05, 0) is 12.8 Å². The van der Waals surface area contributed by atoms with Crippen molar-refractivity contribution in [2.45, 2.75) is 38.1 Å². The fourth-order valence-corrected chi connectivity index (χ4v) is 1.61. The van der Waals surface area contributed by atoms with Crippen LogP contribution in [0.1, 0.15) is 32.1 Å². The van der Waals surface area contributed by atoms with Crippen LogP contribution in [-0.4, -0.2) is 6.04 Å². The van der Waals surface area contributed by atoms with E-state index in [0.29, 0.717) is 6.04 Å². The maximum atomic E-state index is 4.10. The van der Waals surface area contributed by atoms with Crippen molar-refractivity contribution in [1.29, 1.82) is 0 Å². The van der Waals surface area contributed by atoms with E-state index in [2.05, 4.69) is 8.44 Å². The van der Waals surface area contributed by atoms with Crippen molar-refractivity contribution >= 4 is 22.9 Å². The molecule has 0 saturated heterocycles. The predicted octanol–water partition coefficient (Wildman–Crippen LogP) is 3.12. The molecule has 1 saturated carbocycles. The Morgan fingerprint density at radius 1 is 1.11 bits per heavy atom. The van der Waals surface area contributed by atoms with Gasteiger partial charge in [0.1, 0.15) is 22.9 Å². The van der Waals surface area contributed by atoms with Crippen molar-refractivity contribution in [3.8, 4) is 0 Å². The van der Waals surface area contributed by atoms with Gasteiger partial charge in [-0.15, -0.1) is 3.33 Å². The molecule has 1 rings (SSSR count). The van der Waals surface area contributed by atoms with Crippen LogP contribution in [0.4, 0.5) is 0 Å². The van der Waals surface area contributed by atoms with Gasteiger partial charge in [-0.2, -0.15) is 5.11 Å². The van der Waals surface area contributed by atoms with Gasteiger partial charge in [-0.1, -0.05) is 19.3 Å². The van der Waals surface area contributed by atoms with Gasteiger partial charge in [0.25, 0.3) is 0 Å². The van der Waals surface area contributed by atoms with Crippen molar-refractivity contribution in [3.63, 3.8) is 0 Å². The SMILES string of the molecule is IN=NC1CCCCC1. The Bertz CT molecular complexity index is 97.2. The monoisotopic (exact) mass is 238 g/mol. The Labute approximate surface area is 69.6 Å². The summed E-state index contributed by atoms with van der Waals surface area (Å²) >= 11 is 1.95. The Morgan fingerprint density at radius 3 is 2.33 bits per heavy atom. The average molecular weight is 238 g/mol. The lowest BCUT2D eigenvalue weighted by atomic mass is 9.96. The molecule has 1 aliphatic carbocycles. The molecule has 0 aromatic rings. The summed E-state index contributed by atoms with van der Waals surface area (Å²) in [5, 5.41) is 4.10. The van der Waals surface area contributed by atoms with Crippen LogP contribution < -0.4 is 0 Å². The molecule has 0 N–H and O–H groups in total. The van der Waals surface area contributed by atoms with E-state index in [1.807, 2.05) is 22.9 Å². The van der Waals surface area contributed by atoms with E-state index in [4.69, 9.17) is 0 Å². The predicted molar refractivity (Wildman–Crippen MR) is 45.7 cm³/mol. The third kappa shape index (κ3) is 2.60. The molecule has 1 fully saturated rings. The fraction of sp³-hybridized carbons (Fsp3) is 1.00. The van der Waals surface area contributed by atoms with Crippen LogP contribution in [0.25, 0.3) is 0 Å². The van der Waals surface area contributed by atoms with E-state index in [-0.39, 0.29) is 0 Å². The summed E-state index contributed by atoms with van der Waals surface area (Å²) in [6, 6.07) is 0.552. The quantitative estimate of drug-likeness (QED) is 0.495. The molecule has 9 heavy (non-hydrogen) atoms. The van der Waals surface area contributed by atoms with Gasteiger partial charge in [0.2, 0.25) is 0 Å². The highest BCUT2D eigenvalue weighted by Gasteiger charge is 2.10. The highest BCUT2D eigenvalue weighted by molar-refractivity contribution is 14.1. The topological polar surface area (TPSA) is 24.7 Å². The summed E-state index contributed by atoms with van der Waals surface area (Å²) in [6.45, 7) is 0. The first-order valence-corrected chi connectivity index (χ1v) is 4.41. The van der Waals surface area contributed by atoms with E-state index in [0.717, 1.165) is 0 Å². The van der Waals surface area contributed by atoms with E-state index >= 15 is 0 Å². The van der Waals surface area contributed by atoms with Crippen molar-refractivity contribution in [2.24, 2.45) is 8.44 Å². The molecular formula is C6H11IN2. The zero-order valence-corrected chi connectivity index (χ0v) is 7.54. The van der Waals surface area contributed by atoms with Crippen LogP contribution in [0.2, 0.25) is 0 Å². The summed E-state index contributed by atoms with van der Waals surface area (Å²) in [7, 11) is 0. The molecule has 0 atom stereocenters. The van der Waals surface area contributed by atoms with Crippen LogP contribution in [-0.2, 0) is 0 Å². The zero-order chi connectivity index (χ0) is 6.53. The van der Waals surface area contributed by atoms with Crippen LogP contribution in [0.15, 0.2) is 8.44 Å². The van der Waals surface area contributed by atoms with E-state index in [1.54, 1.807) is 0 Å². The lowest BCUT2D eigenvalue weighted by molar-refractivity contribution is 0.435. The van der Waals surface area contributed by atoms with Crippen molar-refractivity contribution in [3.05, 3.63) is 0 Å². The summed E-state index contributed by atoms with van der Waals surface area (Å²) in [4.78, 5) is 0. The summed E-state index contributed by atoms with van der Waals surface area (Å²) < 4.78 is 3.75. The number of hydrogen-bond acceptors (Lipinski definition) is 2. The standard InChI is InChI=1S/C6H11IN2/c7-9-8-6-4-2-1-3-5-6/h6H,1-5H2. The number of rotatable bonds is 1.